The Kier molecular flexibility index (Phi) is 3.36. The molecule has 0 fully saturated rings. The molecule has 16 heavy (non-hydrogen) atoms. The number of hydrogen-bond donors (Lipinski definition) is 1. The van der Waals surface area contributed by atoms with Crippen LogP contribution in [0.15, 0.2) is 29.0 Å². The molecule has 0 aliphatic heterocycles. The third kappa shape index (κ3) is 2.01. The van der Waals surface area contributed by atoms with Crippen molar-refractivity contribution in [3.8, 4) is 11.5 Å². The van der Waals surface area contributed by atoms with Gasteiger partial charge >= 0.3 is 0 Å². The van der Waals surface area contributed by atoms with Gasteiger partial charge in [0.05, 0.1) is 5.69 Å². The van der Waals surface area contributed by atoms with Crippen LogP contribution in [0.1, 0.15) is 5.69 Å². The zero-order valence-electron chi connectivity index (χ0n) is 8.89. The van der Waals surface area contributed by atoms with E-state index in [4.69, 9.17) is 5.11 Å². The first-order chi connectivity index (χ1) is 7.74. The molecule has 0 aliphatic carbocycles. The van der Waals surface area contributed by atoms with Crippen molar-refractivity contribution >= 4 is 15.9 Å². The van der Waals surface area contributed by atoms with Crippen LogP contribution < -0.4 is 0 Å². The van der Waals surface area contributed by atoms with Gasteiger partial charge < -0.3 is 9.67 Å². The van der Waals surface area contributed by atoms with E-state index < -0.39 is 0 Å². The first kappa shape index (κ1) is 11.3. The van der Waals surface area contributed by atoms with Crippen molar-refractivity contribution in [1.29, 1.82) is 0 Å². The van der Waals surface area contributed by atoms with E-state index in [2.05, 4.69) is 25.9 Å². The predicted molar refractivity (Wildman–Crippen MR) is 64.9 cm³/mol. The van der Waals surface area contributed by atoms with Crippen LogP contribution in [0.4, 0.5) is 0 Å². The Morgan fingerprint density at radius 3 is 2.88 bits per heavy atom. The molecular formula is C11H12BrN3O. The van der Waals surface area contributed by atoms with Gasteiger partial charge in [-0.05, 0) is 28.1 Å². The number of hydrogen-bond acceptors (Lipinski definition) is 3. The lowest BCUT2D eigenvalue weighted by atomic mass is 10.3. The molecule has 0 saturated heterocycles. The summed E-state index contributed by atoms with van der Waals surface area (Å²) in [5.74, 6) is 0.802. The summed E-state index contributed by atoms with van der Waals surface area (Å²) in [5.41, 5.74) is 1.80. The SMILES string of the molecule is Cn1c(-c2ccccn2)nc(Br)c1CCO. The second-order valence-corrected chi connectivity index (χ2v) is 4.17. The van der Waals surface area contributed by atoms with Crippen LogP contribution in [0.2, 0.25) is 0 Å². The van der Waals surface area contributed by atoms with E-state index in [1.54, 1.807) is 6.20 Å². The molecule has 84 valence electrons. The van der Waals surface area contributed by atoms with Crippen molar-refractivity contribution in [2.45, 2.75) is 6.42 Å². The van der Waals surface area contributed by atoms with E-state index in [1.807, 2.05) is 29.8 Å². The molecular weight excluding hydrogens is 270 g/mol. The van der Waals surface area contributed by atoms with Crippen LogP contribution in [-0.4, -0.2) is 26.2 Å². The summed E-state index contributed by atoms with van der Waals surface area (Å²) in [7, 11) is 1.92. The molecule has 0 saturated carbocycles. The van der Waals surface area contributed by atoms with Gasteiger partial charge in [0.1, 0.15) is 10.3 Å². The van der Waals surface area contributed by atoms with Crippen LogP contribution >= 0.6 is 15.9 Å². The van der Waals surface area contributed by atoms with Crippen LogP contribution in [-0.2, 0) is 13.5 Å². The molecule has 2 rings (SSSR count). The number of nitrogens with zero attached hydrogens (tertiary/aromatic N) is 3. The Bertz CT molecular complexity index is 481. The molecule has 1 N–H and O–H groups in total. The van der Waals surface area contributed by atoms with E-state index in [9.17, 15) is 0 Å². The van der Waals surface area contributed by atoms with Gasteiger partial charge in [-0.1, -0.05) is 6.07 Å². The molecule has 0 spiro atoms. The minimum absolute atomic E-state index is 0.111. The number of aromatic nitrogens is 3. The fourth-order valence-electron chi connectivity index (χ4n) is 1.60. The maximum atomic E-state index is 8.97. The van der Waals surface area contributed by atoms with Crippen molar-refractivity contribution in [3.05, 3.63) is 34.7 Å². The second-order valence-electron chi connectivity index (χ2n) is 3.42. The van der Waals surface area contributed by atoms with Crippen LogP contribution in [0, 0.1) is 0 Å². The summed E-state index contributed by atoms with van der Waals surface area (Å²) in [6, 6.07) is 5.71. The second kappa shape index (κ2) is 4.76. The molecule has 2 aromatic heterocycles. The zero-order chi connectivity index (χ0) is 11.5. The Balaban J connectivity index is 2.47. The Labute approximate surface area is 102 Å². The molecule has 0 aromatic carbocycles. The highest BCUT2D eigenvalue weighted by atomic mass is 79.9. The van der Waals surface area contributed by atoms with Gasteiger partial charge in [-0.25, -0.2) is 4.98 Å². The van der Waals surface area contributed by atoms with Crippen LogP contribution in [0.5, 0.6) is 0 Å². The first-order valence-electron chi connectivity index (χ1n) is 4.97. The smallest absolute Gasteiger partial charge is 0.159 e. The highest BCUT2D eigenvalue weighted by molar-refractivity contribution is 9.10. The van der Waals surface area contributed by atoms with Gasteiger partial charge in [0, 0.05) is 26.3 Å². The lowest BCUT2D eigenvalue weighted by Gasteiger charge is -2.03. The van der Waals surface area contributed by atoms with E-state index in [1.165, 1.54) is 0 Å². The van der Waals surface area contributed by atoms with Crippen molar-refractivity contribution in [3.63, 3.8) is 0 Å². The van der Waals surface area contributed by atoms with E-state index in [0.717, 1.165) is 21.8 Å². The monoisotopic (exact) mass is 281 g/mol. The Morgan fingerprint density at radius 1 is 1.44 bits per heavy atom. The zero-order valence-corrected chi connectivity index (χ0v) is 10.5. The number of aliphatic hydroxyl groups excluding tert-OH is 1. The van der Waals surface area contributed by atoms with Crippen LogP contribution in [0.3, 0.4) is 0 Å². The van der Waals surface area contributed by atoms with Gasteiger partial charge in [0.2, 0.25) is 0 Å². The van der Waals surface area contributed by atoms with Gasteiger partial charge in [0.15, 0.2) is 5.82 Å². The molecule has 2 heterocycles. The largest absolute Gasteiger partial charge is 0.396 e. The molecule has 0 atom stereocenters. The van der Waals surface area contributed by atoms with Gasteiger partial charge in [0.25, 0.3) is 0 Å². The van der Waals surface area contributed by atoms with E-state index in [0.29, 0.717) is 6.42 Å². The summed E-state index contributed by atoms with van der Waals surface area (Å²) in [5, 5.41) is 8.97. The number of halogens is 1. The van der Waals surface area contributed by atoms with Crippen LogP contribution in [0.25, 0.3) is 11.5 Å². The molecule has 5 heteroatoms. The fraction of sp³-hybridized carbons (Fsp3) is 0.273. The van der Waals surface area contributed by atoms with Crippen molar-refractivity contribution in [1.82, 2.24) is 14.5 Å². The van der Waals surface area contributed by atoms with Crippen molar-refractivity contribution in [2.24, 2.45) is 7.05 Å². The summed E-state index contributed by atoms with van der Waals surface area (Å²) in [6.45, 7) is 0.111. The number of rotatable bonds is 3. The van der Waals surface area contributed by atoms with E-state index in [-0.39, 0.29) is 6.61 Å². The molecule has 0 amide bonds. The minimum Gasteiger partial charge on any atom is -0.396 e. The minimum atomic E-state index is 0.111. The van der Waals surface area contributed by atoms with Gasteiger partial charge in [-0.2, -0.15) is 0 Å². The molecule has 0 radical (unpaired) electrons. The van der Waals surface area contributed by atoms with Crippen molar-refractivity contribution in [2.75, 3.05) is 6.61 Å². The third-order valence-corrected chi connectivity index (χ3v) is 3.04. The third-order valence-electron chi connectivity index (χ3n) is 2.41. The predicted octanol–water partition coefficient (Wildman–Crippen LogP) is 1.78. The Morgan fingerprint density at radius 2 is 2.25 bits per heavy atom. The number of aliphatic hydroxyl groups is 1. The average molecular weight is 282 g/mol. The highest BCUT2D eigenvalue weighted by Gasteiger charge is 2.13. The first-order valence-corrected chi connectivity index (χ1v) is 5.76. The normalized spacial score (nSPS) is 10.7. The van der Waals surface area contributed by atoms with Gasteiger partial charge in [-0.3, -0.25) is 4.98 Å². The lowest BCUT2D eigenvalue weighted by molar-refractivity contribution is 0.296. The summed E-state index contributed by atoms with van der Waals surface area (Å²) >= 11 is 3.40. The standard InChI is InChI=1S/C11H12BrN3O/c1-15-9(5-7-16)10(12)14-11(15)8-4-2-3-6-13-8/h2-4,6,16H,5,7H2,1H3. The lowest BCUT2D eigenvalue weighted by Crippen LogP contribution is -2.02. The number of imidazole rings is 1. The molecule has 0 unspecified atom stereocenters. The summed E-state index contributed by atoms with van der Waals surface area (Å²) in [4.78, 5) is 8.66. The van der Waals surface area contributed by atoms with Gasteiger partial charge in [-0.15, -0.1) is 0 Å². The number of pyridine rings is 1. The molecule has 2 aromatic rings. The summed E-state index contributed by atoms with van der Waals surface area (Å²) in [6.07, 6.45) is 2.32. The maximum absolute atomic E-state index is 8.97. The molecule has 0 bridgehead atoms. The molecule has 4 nitrogen and oxygen atoms in total. The fourth-order valence-corrected chi connectivity index (χ4v) is 2.23. The summed E-state index contributed by atoms with van der Waals surface area (Å²) < 4.78 is 2.72. The maximum Gasteiger partial charge on any atom is 0.159 e. The molecule has 0 aliphatic rings. The van der Waals surface area contributed by atoms with E-state index >= 15 is 0 Å². The quantitative estimate of drug-likeness (QED) is 0.933. The topological polar surface area (TPSA) is 50.9 Å². The highest BCUT2D eigenvalue weighted by Crippen LogP contribution is 2.23. The Hall–Kier alpha value is -1.20. The average Bonchev–Trinajstić information content (AvgIpc) is 2.59. The van der Waals surface area contributed by atoms with Crippen molar-refractivity contribution < 1.29 is 5.11 Å².